The predicted octanol–water partition coefficient (Wildman–Crippen LogP) is 1.22. The highest BCUT2D eigenvalue weighted by atomic mass is 16.5. The zero-order valence-electron chi connectivity index (χ0n) is 4.50. The van der Waals surface area contributed by atoms with Gasteiger partial charge >= 0.3 is 0 Å². The van der Waals surface area contributed by atoms with Crippen molar-refractivity contribution in [2.24, 2.45) is 0 Å². The number of hydrogen-bond donors (Lipinski definition) is 0. The van der Waals surface area contributed by atoms with Gasteiger partial charge in [0.1, 0.15) is 6.07 Å². The van der Waals surface area contributed by atoms with Crippen LogP contribution in [-0.4, -0.2) is 6.10 Å². The summed E-state index contributed by atoms with van der Waals surface area (Å²) in [6.45, 7) is 6.63. The van der Waals surface area contributed by atoms with Crippen LogP contribution in [0.3, 0.4) is 0 Å². The van der Waals surface area contributed by atoms with Crippen molar-refractivity contribution < 1.29 is 4.74 Å². The highest BCUT2D eigenvalue weighted by Gasteiger charge is 1.94. The lowest BCUT2D eigenvalue weighted by molar-refractivity contribution is 0.235. The summed E-state index contributed by atoms with van der Waals surface area (Å²) in [5.74, 6) is 0. The van der Waals surface area contributed by atoms with Gasteiger partial charge in [0.05, 0.1) is 6.26 Å². The van der Waals surface area contributed by atoms with Gasteiger partial charge in [0.25, 0.3) is 0 Å². The molecule has 0 saturated carbocycles. The summed E-state index contributed by atoms with van der Waals surface area (Å²) in [5.41, 5.74) is 0. The van der Waals surface area contributed by atoms with Crippen LogP contribution in [-0.2, 0) is 4.74 Å². The molecule has 42 valence electrons. The predicted molar refractivity (Wildman–Crippen MR) is 30.9 cm³/mol. The molecule has 8 heavy (non-hydrogen) atoms. The van der Waals surface area contributed by atoms with Crippen molar-refractivity contribution >= 4 is 0 Å². The van der Waals surface area contributed by atoms with Gasteiger partial charge in [-0.2, -0.15) is 5.26 Å². The fourth-order valence-corrected chi connectivity index (χ4v) is 0.242. The standard InChI is InChI=1S/C6H7NO/c1-3-6(5-7)8-4-2/h3-4,6H,1-2H2. The van der Waals surface area contributed by atoms with Gasteiger partial charge in [-0.05, 0) is 6.08 Å². The third-order valence-corrected chi connectivity index (χ3v) is 0.584. The monoisotopic (exact) mass is 109 g/mol. The van der Waals surface area contributed by atoms with E-state index in [1.54, 1.807) is 0 Å². The lowest BCUT2D eigenvalue weighted by Gasteiger charge is -1.98. The molecule has 0 aromatic carbocycles. The number of hydrogen-bond acceptors (Lipinski definition) is 2. The van der Waals surface area contributed by atoms with E-state index >= 15 is 0 Å². The number of rotatable bonds is 3. The van der Waals surface area contributed by atoms with Crippen LogP contribution in [0.25, 0.3) is 0 Å². The first kappa shape index (κ1) is 6.77. The Labute approximate surface area is 48.7 Å². The van der Waals surface area contributed by atoms with E-state index in [0.29, 0.717) is 0 Å². The Morgan fingerprint density at radius 2 is 2.25 bits per heavy atom. The van der Waals surface area contributed by atoms with E-state index in [0.717, 1.165) is 0 Å². The minimum Gasteiger partial charge on any atom is -0.480 e. The summed E-state index contributed by atoms with van der Waals surface area (Å²) in [4.78, 5) is 0. The Morgan fingerprint density at radius 1 is 1.62 bits per heavy atom. The topological polar surface area (TPSA) is 33.0 Å². The van der Waals surface area contributed by atoms with Gasteiger partial charge in [0.15, 0.2) is 0 Å². The Hall–Kier alpha value is -1.23. The van der Waals surface area contributed by atoms with Gasteiger partial charge in [-0.25, -0.2) is 0 Å². The van der Waals surface area contributed by atoms with Crippen LogP contribution in [0.4, 0.5) is 0 Å². The van der Waals surface area contributed by atoms with E-state index < -0.39 is 6.10 Å². The smallest absolute Gasteiger partial charge is 0.201 e. The first-order valence-corrected chi connectivity index (χ1v) is 2.13. The van der Waals surface area contributed by atoms with Crippen molar-refractivity contribution in [1.82, 2.24) is 0 Å². The van der Waals surface area contributed by atoms with E-state index in [2.05, 4.69) is 17.9 Å². The Morgan fingerprint density at radius 3 is 2.38 bits per heavy atom. The third-order valence-electron chi connectivity index (χ3n) is 0.584. The quantitative estimate of drug-likeness (QED) is 0.403. The van der Waals surface area contributed by atoms with Gasteiger partial charge in [-0.3, -0.25) is 0 Å². The van der Waals surface area contributed by atoms with Crippen LogP contribution in [0.2, 0.25) is 0 Å². The molecule has 0 aromatic heterocycles. The molecule has 1 unspecified atom stereocenters. The molecular formula is C6H7NO. The second kappa shape index (κ2) is 3.94. The number of ether oxygens (including phenoxy) is 1. The van der Waals surface area contributed by atoms with Crippen molar-refractivity contribution in [3.05, 3.63) is 25.5 Å². The van der Waals surface area contributed by atoms with Crippen LogP contribution >= 0.6 is 0 Å². The SMILES string of the molecule is C=COC(C#N)C=C. The number of nitrogens with zero attached hydrogens (tertiary/aromatic N) is 1. The van der Waals surface area contributed by atoms with Crippen molar-refractivity contribution in [2.45, 2.75) is 6.10 Å². The first-order chi connectivity index (χ1) is 3.85. The maximum Gasteiger partial charge on any atom is 0.201 e. The largest absolute Gasteiger partial charge is 0.480 e. The molecule has 0 bridgehead atoms. The average molecular weight is 109 g/mol. The van der Waals surface area contributed by atoms with Crippen LogP contribution in [0.15, 0.2) is 25.5 Å². The van der Waals surface area contributed by atoms with Gasteiger partial charge in [0, 0.05) is 0 Å². The second-order valence-corrected chi connectivity index (χ2v) is 1.09. The molecule has 0 N–H and O–H groups in total. The highest BCUT2D eigenvalue weighted by molar-refractivity contribution is 4.98. The zero-order valence-corrected chi connectivity index (χ0v) is 4.50. The lowest BCUT2D eigenvalue weighted by Crippen LogP contribution is -1.99. The van der Waals surface area contributed by atoms with Crippen LogP contribution in [0.1, 0.15) is 0 Å². The summed E-state index contributed by atoms with van der Waals surface area (Å²) in [6, 6.07) is 1.84. The van der Waals surface area contributed by atoms with Crippen molar-refractivity contribution in [3.63, 3.8) is 0 Å². The number of nitriles is 1. The molecule has 0 spiro atoms. The molecule has 1 atom stereocenters. The van der Waals surface area contributed by atoms with Gasteiger partial charge in [-0.15, -0.1) is 0 Å². The average Bonchev–Trinajstić information content (AvgIpc) is 1.83. The summed E-state index contributed by atoms with van der Waals surface area (Å²) < 4.78 is 4.62. The maximum absolute atomic E-state index is 8.16. The molecule has 0 saturated heterocycles. The Kier molecular flexibility index (Phi) is 3.34. The van der Waals surface area contributed by atoms with Crippen LogP contribution < -0.4 is 0 Å². The molecule has 0 fully saturated rings. The Balaban J connectivity index is 3.56. The molecule has 2 heteroatoms. The van der Waals surface area contributed by atoms with Gasteiger partial charge in [-0.1, -0.05) is 13.2 Å². The van der Waals surface area contributed by atoms with Crippen molar-refractivity contribution in [3.8, 4) is 6.07 Å². The minimum absolute atomic E-state index is 0.549. The molecule has 0 aliphatic carbocycles. The molecule has 0 rings (SSSR count). The van der Waals surface area contributed by atoms with E-state index in [4.69, 9.17) is 5.26 Å². The maximum atomic E-state index is 8.16. The molecular weight excluding hydrogens is 102 g/mol. The molecule has 0 aliphatic rings. The van der Waals surface area contributed by atoms with E-state index in [9.17, 15) is 0 Å². The minimum atomic E-state index is -0.549. The van der Waals surface area contributed by atoms with Crippen LogP contribution in [0, 0.1) is 11.3 Å². The van der Waals surface area contributed by atoms with Crippen molar-refractivity contribution in [2.75, 3.05) is 0 Å². The molecule has 0 radical (unpaired) electrons. The third kappa shape index (κ3) is 2.04. The highest BCUT2D eigenvalue weighted by Crippen LogP contribution is 1.88. The molecule has 0 amide bonds. The fourth-order valence-electron chi connectivity index (χ4n) is 0.242. The summed E-state index contributed by atoms with van der Waals surface area (Å²) in [6.07, 6.45) is 2.07. The molecule has 0 heterocycles. The van der Waals surface area contributed by atoms with E-state index in [1.165, 1.54) is 12.3 Å². The van der Waals surface area contributed by atoms with Crippen molar-refractivity contribution in [1.29, 1.82) is 5.26 Å². The van der Waals surface area contributed by atoms with Gasteiger partial charge < -0.3 is 4.74 Å². The second-order valence-electron chi connectivity index (χ2n) is 1.09. The zero-order chi connectivity index (χ0) is 6.41. The first-order valence-electron chi connectivity index (χ1n) is 2.13. The molecule has 2 nitrogen and oxygen atoms in total. The summed E-state index contributed by atoms with van der Waals surface area (Å²) in [5, 5.41) is 8.16. The Bertz CT molecular complexity index is 123. The lowest BCUT2D eigenvalue weighted by atomic mass is 10.4. The van der Waals surface area contributed by atoms with Crippen LogP contribution in [0.5, 0.6) is 0 Å². The van der Waals surface area contributed by atoms with E-state index in [-0.39, 0.29) is 0 Å². The summed E-state index contributed by atoms with van der Waals surface area (Å²) >= 11 is 0. The fraction of sp³-hybridized carbons (Fsp3) is 0.167. The molecule has 0 aromatic rings. The molecule has 0 aliphatic heterocycles. The van der Waals surface area contributed by atoms with E-state index in [1.807, 2.05) is 6.07 Å². The van der Waals surface area contributed by atoms with Gasteiger partial charge in [0.2, 0.25) is 6.10 Å². The summed E-state index contributed by atoms with van der Waals surface area (Å²) in [7, 11) is 0. The normalized spacial score (nSPS) is 10.9.